The predicted octanol–water partition coefficient (Wildman–Crippen LogP) is -0.0991. The van der Waals surface area contributed by atoms with Crippen LogP contribution in [-0.2, 0) is 4.79 Å². The first kappa shape index (κ1) is 10.9. The summed E-state index contributed by atoms with van der Waals surface area (Å²) in [5.74, 6) is 0.317. The second-order valence-corrected chi connectivity index (χ2v) is 4.64. The largest absolute Gasteiger partial charge is 0.337 e. The number of likely N-dealkylation sites (N-methyl/N-ethyl adjacent to an activating group) is 2. The zero-order chi connectivity index (χ0) is 10.8. The molecule has 2 heterocycles. The predicted molar refractivity (Wildman–Crippen MR) is 59.7 cm³/mol. The molecule has 4 heteroatoms. The van der Waals surface area contributed by atoms with E-state index in [4.69, 9.17) is 0 Å². The smallest absolute Gasteiger partial charge is 0.240 e. The fourth-order valence-electron chi connectivity index (χ4n) is 2.67. The molecule has 2 rings (SSSR count). The summed E-state index contributed by atoms with van der Waals surface area (Å²) in [6.45, 7) is 6.05. The normalized spacial score (nSPS) is 32.9. The maximum absolute atomic E-state index is 12.0. The molecule has 15 heavy (non-hydrogen) atoms. The number of carbonyl (C=O) groups excluding carboxylic acids is 1. The Labute approximate surface area is 91.6 Å². The van der Waals surface area contributed by atoms with Crippen LogP contribution in [0.2, 0.25) is 0 Å². The third kappa shape index (κ3) is 2.16. The molecule has 2 aliphatic heterocycles. The van der Waals surface area contributed by atoms with Crippen molar-refractivity contribution in [2.24, 2.45) is 0 Å². The van der Waals surface area contributed by atoms with Gasteiger partial charge in [0.2, 0.25) is 5.91 Å². The lowest BCUT2D eigenvalue weighted by molar-refractivity contribution is -0.131. The van der Waals surface area contributed by atoms with Gasteiger partial charge in [-0.15, -0.1) is 0 Å². The van der Waals surface area contributed by atoms with Gasteiger partial charge in [0.1, 0.15) is 0 Å². The molecule has 2 unspecified atom stereocenters. The van der Waals surface area contributed by atoms with Crippen molar-refractivity contribution >= 4 is 5.91 Å². The van der Waals surface area contributed by atoms with E-state index in [-0.39, 0.29) is 6.04 Å². The molecule has 2 atom stereocenters. The molecule has 1 N–H and O–H groups in total. The zero-order valence-corrected chi connectivity index (χ0v) is 9.70. The summed E-state index contributed by atoms with van der Waals surface area (Å²) < 4.78 is 0. The van der Waals surface area contributed by atoms with Crippen LogP contribution in [0.1, 0.15) is 19.8 Å². The fraction of sp³-hybridized carbons (Fsp3) is 0.909. The molecular weight excluding hydrogens is 190 g/mol. The Bertz CT molecular complexity index is 244. The molecule has 0 aromatic carbocycles. The van der Waals surface area contributed by atoms with E-state index in [1.54, 1.807) is 0 Å². The summed E-state index contributed by atoms with van der Waals surface area (Å²) in [4.78, 5) is 16.4. The SMILES string of the molecule is CCNC1CCN(C2CCN(C)C2)C1=O. The number of carbonyl (C=O) groups is 1. The molecule has 1 amide bonds. The van der Waals surface area contributed by atoms with Crippen LogP contribution in [0.5, 0.6) is 0 Å². The Morgan fingerprint density at radius 2 is 2.20 bits per heavy atom. The van der Waals surface area contributed by atoms with Gasteiger partial charge in [0.15, 0.2) is 0 Å². The van der Waals surface area contributed by atoms with Crippen LogP contribution in [0.25, 0.3) is 0 Å². The van der Waals surface area contributed by atoms with Gasteiger partial charge in [0.25, 0.3) is 0 Å². The van der Waals surface area contributed by atoms with E-state index >= 15 is 0 Å². The first-order chi connectivity index (χ1) is 7.22. The monoisotopic (exact) mass is 211 g/mol. The lowest BCUT2D eigenvalue weighted by Crippen LogP contribution is -2.43. The van der Waals surface area contributed by atoms with Crippen LogP contribution in [0.15, 0.2) is 0 Å². The van der Waals surface area contributed by atoms with Gasteiger partial charge in [-0.1, -0.05) is 6.92 Å². The summed E-state index contributed by atoms with van der Waals surface area (Å²) in [6, 6.07) is 0.548. The molecule has 4 nitrogen and oxygen atoms in total. The van der Waals surface area contributed by atoms with Crippen molar-refractivity contribution in [2.75, 3.05) is 33.2 Å². The minimum atomic E-state index is 0.0842. The van der Waals surface area contributed by atoms with Gasteiger partial charge in [-0.2, -0.15) is 0 Å². The summed E-state index contributed by atoms with van der Waals surface area (Å²) in [5, 5.41) is 3.25. The standard InChI is InChI=1S/C11H21N3O/c1-3-12-10-5-7-14(11(10)15)9-4-6-13(2)8-9/h9-10,12H,3-8H2,1-2H3. The molecule has 2 aliphatic rings. The van der Waals surface area contributed by atoms with Crippen LogP contribution in [0, 0.1) is 0 Å². The molecule has 2 saturated heterocycles. The van der Waals surface area contributed by atoms with Crippen LogP contribution < -0.4 is 5.32 Å². The molecule has 0 spiro atoms. The molecule has 0 aromatic heterocycles. The van der Waals surface area contributed by atoms with E-state index in [1.165, 1.54) is 0 Å². The topological polar surface area (TPSA) is 35.6 Å². The molecule has 0 radical (unpaired) electrons. The third-order valence-electron chi connectivity index (χ3n) is 3.50. The van der Waals surface area contributed by atoms with Crippen molar-refractivity contribution in [1.82, 2.24) is 15.1 Å². The first-order valence-electron chi connectivity index (χ1n) is 5.94. The number of nitrogens with zero attached hydrogens (tertiary/aromatic N) is 2. The highest BCUT2D eigenvalue weighted by atomic mass is 16.2. The van der Waals surface area contributed by atoms with Crippen molar-refractivity contribution in [3.05, 3.63) is 0 Å². The average Bonchev–Trinajstić information content (AvgIpc) is 2.76. The zero-order valence-electron chi connectivity index (χ0n) is 9.70. The number of amides is 1. The molecular formula is C11H21N3O. The highest BCUT2D eigenvalue weighted by Gasteiger charge is 2.37. The molecule has 86 valence electrons. The van der Waals surface area contributed by atoms with E-state index < -0.39 is 0 Å². The Balaban J connectivity index is 1.92. The minimum absolute atomic E-state index is 0.0842. The lowest BCUT2D eigenvalue weighted by Gasteiger charge is -2.24. The van der Waals surface area contributed by atoms with E-state index in [0.717, 1.165) is 39.0 Å². The average molecular weight is 211 g/mol. The summed E-state index contributed by atoms with van der Waals surface area (Å²) >= 11 is 0. The third-order valence-corrected chi connectivity index (χ3v) is 3.50. The number of hydrogen-bond donors (Lipinski definition) is 1. The Morgan fingerprint density at radius 3 is 2.80 bits per heavy atom. The fourth-order valence-corrected chi connectivity index (χ4v) is 2.67. The number of hydrogen-bond acceptors (Lipinski definition) is 3. The van der Waals surface area contributed by atoms with Crippen LogP contribution in [-0.4, -0.2) is 61.0 Å². The van der Waals surface area contributed by atoms with Gasteiger partial charge in [-0.25, -0.2) is 0 Å². The van der Waals surface area contributed by atoms with Gasteiger partial charge in [0, 0.05) is 19.1 Å². The van der Waals surface area contributed by atoms with E-state index in [2.05, 4.69) is 29.1 Å². The molecule has 0 bridgehead atoms. The Morgan fingerprint density at radius 1 is 1.40 bits per heavy atom. The van der Waals surface area contributed by atoms with E-state index in [9.17, 15) is 4.79 Å². The molecule has 0 aliphatic carbocycles. The quantitative estimate of drug-likeness (QED) is 0.708. The van der Waals surface area contributed by atoms with E-state index in [1.807, 2.05) is 0 Å². The summed E-state index contributed by atoms with van der Waals surface area (Å²) in [6.07, 6.45) is 2.12. The van der Waals surface area contributed by atoms with Gasteiger partial charge < -0.3 is 15.1 Å². The maximum atomic E-state index is 12.0. The second-order valence-electron chi connectivity index (χ2n) is 4.64. The van der Waals surface area contributed by atoms with Gasteiger partial charge in [-0.05, 0) is 33.0 Å². The lowest BCUT2D eigenvalue weighted by atomic mass is 10.2. The van der Waals surface area contributed by atoms with E-state index in [0.29, 0.717) is 11.9 Å². The highest BCUT2D eigenvalue weighted by molar-refractivity contribution is 5.84. The van der Waals surface area contributed by atoms with Crippen molar-refractivity contribution < 1.29 is 4.79 Å². The Hall–Kier alpha value is -0.610. The van der Waals surface area contributed by atoms with Crippen molar-refractivity contribution in [3.8, 4) is 0 Å². The van der Waals surface area contributed by atoms with Crippen LogP contribution in [0.4, 0.5) is 0 Å². The summed E-state index contributed by atoms with van der Waals surface area (Å²) in [5.41, 5.74) is 0. The summed E-state index contributed by atoms with van der Waals surface area (Å²) in [7, 11) is 2.13. The van der Waals surface area contributed by atoms with Crippen molar-refractivity contribution in [2.45, 2.75) is 31.8 Å². The van der Waals surface area contributed by atoms with Gasteiger partial charge in [0.05, 0.1) is 6.04 Å². The first-order valence-corrected chi connectivity index (χ1v) is 5.94. The Kier molecular flexibility index (Phi) is 3.26. The number of nitrogens with one attached hydrogen (secondary N) is 1. The van der Waals surface area contributed by atoms with Gasteiger partial charge in [-0.3, -0.25) is 4.79 Å². The second kappa shape index (κ2) is 4.49. The van der Waals surface area contributed by atoms with Crippen LogP contribution in [0.3, 0.4) is 0 Å². The number of rotatable bonds is 3. The maximum Gasteiger partial charge on any atom is 0.240 e. The van der Waals surface area contributed by atoms with Gasteiger partial charge >= 0.3 is 0 Å². The minimum Gasteiger partial charge on any atom is -0.337 e. The van der Waals surface area contributed by atoms with Crippen molar-refractivity contribution in [1.29, 1.82) is 0 Å². The highest BCUT2D eigenvalue weighted by Crippen LogP contribution is 2.20. The molecule has 2 fully saturated rings. The van der Waals surface area contributed by atoms with Crippen molar-refractivity contribution in [3.63, 3.8) is 0 Å². The molecule has 0 saturated carbocycles. The van der Waals surface area contributed by atoms with Crippen LogP contribution >= 0.6 is 0 Å². The number of likely N-dealkylation sites (tertiary alicyclic amines) is 2. The molecule has 0 aromatic rings.